The van der Waals surface area contributed by atoms with Gasteiger partial charge in [-0.2, -0.15) is 0 Å². The molecule has 4 unspecified atom stereocenters. The molecule has 438 valence electrons. The Balaban J connectivity index is 3.92. The number of allylic oxidation sites excluding steroid dienone is 6. The lowest BCUT2D eigenvalue weighted by Crippen LogP contribution is -2.51. The summed E-state index contributed by atoms with van der Waals surface area (Å²) in [6.07, 6.45) is 68.8. The first-order chi connectivity index (χ1) is 35.9. The molecule has 0 aliphatic carbocycles. The molecule has 4 atom stereocenters. The maximum atomic E-state index is 13.0. The van der Waals surface area contributed by atoms with Gasteiger partial charge in [0.2, 0.25) is 5.91 Å². The van der Waals surface area contributed by atoms with E-state index >= 15 is 0 Å². The lowest BCUT2D eigenvalue weighted by molar-refractivity contribution is -0.870. The van der Waals surface area contributed by atoms with Crippen LogP contribution in [0.2, 0.25) is 0 Å². The number of quaternary nitrogens is 1. The molecule has 0 aromatic heterocycles. The first kappa shape index (κ1) is 72.7. The average Bonchev–Trinajstić information content (AvgIpc) is 3.36. The second-order valence-corrected chi connectivity index (χ2v) is 24.7. The third kappa shape index (κ3) is 55.4. The maximum absolute atomic E-state index is 13.0. The van der Waals surface area contributed by atoms with Crippen LogP contribution in [0.3, 0.4) is 0 Å². The number of hydrogen-bond donors (Lipinski definition) is 4. The van der Waals surface area contributed by atoms with Crippen LogP contribution in [0.15, 0.2) is 36.5 Å². The minimum atomic E-state index is -4.43. The molecule has 0 aromatic carbocycles. The van der Waals surface area contributed by atoms with E-state index in [1.54, 1.807) is 0 Å². The molecule has 0 spiro atoms. The van der Waals surface area contributed by atoms with Gasteiger partial charge in [-0.1, -0.05) is 281 Å². The van der Waals surface area contributed by atoms with Crippen molar-refractivity contribution < 1.29 is 38.0 Å². The molecule has 4 N–H and O–H groups in total. The molecule has 0 heterocycles. The van der Waals surface area contributed by atoms with Crippen molar-refractivity contribution in [1.29, 1.82) is 0 Å². The van der Waals surface area contributed by atoms with E-state index < -0.39 is 32.7 Å². The number of likely N-dealkylation sites (N-methyl/N-ethyl adjacent to an activating group) is 1. The smallest absolute Gasteiger partial charge is 0.390 e. The number of nitrogens with zero attached hydrogens (tertiary/aromatic N) is 1. The number of nitrogens with one attached hydrogen (secondary N) is 1. The molecule has 9 nitrogen and oxygen atoms in total. The SMILES string of the molecule is C/C=C/CC/C=C/CC/C=C/CCCC(O)C(O)C(COP(=O)(O)OCC[N+](C)(C)C)NC(=O)CCCCCCCCCCCCCCCCCCCCCCCCCCCCCCCCCCCCCCCC. The van der Waals surface area contributed by atoms with Gasteiger partial charge in [0, 0.05) is 6.42 Å². The Morgan fingerprint density at radius 3 is 1.15 bits per heavy atom. The summed E-state index contributed by atoms with van der Waals surface area (Å²) in [6.45, 7) is 4.39. The van der Waals surface area contributed by atoms with Crippen molar-refractivity contribution in [3.05, 3.63) is 36.5 Å². The topological polar surface area (TPSA) is 125 Å². The minimum absolute atomic E-state index is 0.0135. The molecule has 0 saturated heterocycles. The molecule has 1 amide bonds. The van der Waals surface area contributed by atoms with E-state index in [9.17, 15) is 24.5 Å². The van der Waals surface area contributed by atoms with Crippen LogP contribution in [-0.2, 0) is 18.4 Å². The van der Waals surface area contributed by atoms with Crippen molar-refractivity contribution in [2.24, 2.45) is 0 Å². The third-order valence-corrected chi connectivity index (χ3v) is 15.8. The zero-order valence-corrected chi connectivity index (χ0v) is 50.6. The van der Waals surface area contributed by atoms with E-state index in [-0.39, 0.29) is 18.9 Å². The Hall–Kier alpha value is -1.32. The van der Waals surface area contributed by atoms with Gasteiger partial charge in [-0.15, -0.1) is 0 Å². The number of hydrogen-bond acceptors (Lipinski definition) is 6. The Morgan fingerprint density at radius 2 is 0.811 bits per heavy atom. The van der Waals surface area contributed by atoms with Gasteiger partial charge in [0.25, 0.3) is 0 Å². The van der Waals surface area contributed by atoms with E-state index in [1.165, 1.54) is 225 Å². The first-order valence-electron chi connectivity index (χ1n) is 31.9. The van der Waals surface area contributed by atoms with Crippen LogP contribution in [0.5, 0.6) is 0 Å². The Bertz CT molecular complexity index is 1320. The summed E-state index contributed by atoms with van der Waals surface area (Å²) < 4.78 is 23.6. The standard InChI is InChI=1S/C64H125N2O7P/c1-6-8-10-12-14-16-18-20-21-22-23-24-25-26-27-28-29-30-31-32-33-34-35-36-37-38-39-40-41-42-43-44-45-47-49-51-53-55-57-63(68)65-61(60-73-74(70,71)72-59-58-66(3,4)5)64(69)62(67)56-54-52-50-48-46-19-17-15-13-11-9-7-2/h7,9,15,17,48,50,61-62,64,67,69H,6,8,10-14,16,18-47,49,51-60H2,1-5H3,(H-,65,68,70,71)/p+1/b9-7+,17-15+,50-48+. The number of phosphoric ester groups is 1. The predicted molar refractivity (Wildman–Crippen MR) is 320 cm³/mol. The van der Waals surface area contributed by atoms with Crippen molar-refractivity contribution in [3.63, 3.8) is 0 Å². The highest BCUT2D eigenvalue weighted by atomic mass is 31.2. The number of carbonyl (C=O) groups excluding carboxylic acids is 1. The fourth-order valence-electron chi connectivity index (χ4n) is 9.78. The molecule has 74 heavy (non-hydrogen) atoms. The monoisotopic (exact) mass is 1070 g/mol. The summed E-state index contributed by atoms with van der Waals surface area (Å²) in [6, 6.07) is -1.06. The van der Waals surface area contributed by atoms with Crippen LogP contribution in [0.1, 0.15) is 309 Å². The highest BCUT2D eigenvalue weighted by Crippen LogP contribution is 2.43. The zero-order chi connectivity index (χ0) is 54.3. The van der Waals surface area contributed by atoms with Gasteiger partial charge in [0.05, 0.1) is 39.9 Å². The van der Waals surface area contributed by atoms with Crippen molar-refractivity contribution in [2.75, 3.05) is 40.9 Å². The highest BCUT2D eigenvalue weighted by molar-refractivity contribution is 7.47. The van der Waals surface area contributed by atoms with E-state index in [1.807, 2.05) is 28.1 Å². The summed E-state index contributed by atoms with van der Waals surface area (Å²) in [5, 5.41) is 24.8. The van der Waals surface area contributed by atoms with Crippen molar-refractivity contribution in [3.8, 4) is 0 Å². The van der Waals surface area contributed by atoms with E-state index in [0.717, 1.165) is 51.4 Å². The van der Waals surface area contributed by atoms with E-state index in [0.29, 0.717) is 23.9 Å². The average molecular weight is 1070 g/mol. The Morgan fingerprint density at radius 1 is 0.486 bits per heavy atom. The fraction of sp³-hybridized carbons (Fsp3) is 0.891. The van der Waals surface area contributed by atoms with Crippen molar-refractivity contribution in [1.82, 2.24) is 5.32 Å². The number of unbranched alkanes of at least 4 members (excludes halogenated alkanes) is 40. The molecule has 0 fully saturated rings. The molecule has 0 aliphatic heterocycles. The van der Waals surface area contributed by atoms with Gasteiger partial charge in [-0.3, -0.25) is 13.8 Å². The van der Waals surface area contributed by atoms with Crippen LogP contribution in [0.25, 0.3) is 0 Å². The van der Waals surface area contributed by atoms with Gasteiger partial charge < -0.3 is 24.9 Å². The summed E-state index contributed by atoms with van der Waals surface area (Å²) >= 11 is 0. The second-order valence-electron chi connectivity index (χ2n) is 23.3. The number of amides is 1. The molecule has 0 aromatic rings. The molecular formula is C64H126N2O7P+. The van der Waals surface area contributed by atoms with E-state index in [4.69, 9.17) is 9.05 Å². The Kier molecular flexibility index (Phi) is 54.0. The highest BCUT2D eigenvalue weighted by Gasteiger charge is 2.32. The molecular weight excluding hydrogens is 940 g/mol. The third-order valence-electron chi connectivity index (χ3n) is 14.8. The largest absolute Gasteiger partial charge is 0.472 e. The number of carbonyl (C=O) groups is 1. The summed E-state index contributed by atoms with van der Waals surface area (Å²) in [7, 11) is 1.41. The van der Waals surface area contributed by atoms with Crippen LogP contribution >= 0.6 is 7.82 Å². The summed E-state index contributed by atoms with van der Waals surface area (Å²) in [5.74, 6) is -0.270. The van der Waals surface area contributed by atoms with Crippen LogP contribution < -0.4 is 5.32 Å². The van der Waals surface area contributed by atoms with Crippen LogP contribution in [0.4, 0.5) is 0 Å². The van der Waals surface area contributed by atoms with Gasteiger partial charge in [-0.05, 0) is 58.3 Å². The normalized spacial score (nSPS) is 14.4. The van der Waals surface area contributed by atoms with Crippen LogP contribution in [-0.4, -0.2) is 84.6 Å². The zero-order valence-electron chi connectivity index (χ0n) is 49.7. The maximum Gasteiger partial charge on any atom is 0.472 e. The number of rotatable bonds is 59. The van der Waals surface area contributed by atoms with Crippen molar-refractivity contribution >= 4 is 13.7 Å². The van der Waals surface area contributed by atoms with Crippen LogP contribution in [0, 0.1) is 0 Å². The lowest BCUT2D eigenvalue weighted by Gasteiger charge is -2.28. The van der Waals surface area contributed by atoms with Gasteiger partial charge >= 0.3 is 7.82 Å². The van der Waals surface area contributed by atoms with Gasteiger partial charge in [0.15, 0.2) is 0 Å². The Labute approximate surface area is 460 Å². The summed E-state index contributed by atoms with van der Waals surface area (Å²) in [4.78, 5) is 23.3. The predicted octanol–water partition coefficient (Wildman–Crippen LogP) is 18.7. The minimum Gasteiger partial charge on any atom is -0.390 e. The van der Waals surface area contributed by atoms with Crippen molar-refractivity contribution in [2.45, 2.75) is 327 Å². The lowest BCUT2D eigenvalue weighted by atomic mass is 10.0. The van der Waals surface area contributed by atoms with Gasteiger partial charge in [0.1, 0.15) is 19.3 Å². The number of phosphoric acid groups is 1. The van der Waals surface area contributed by atoms with E-state index in [2.05, 4.69) is 48.7 Å². The molecule has 10 heteroatoms. The number of aliphatic hydroxyl groups is 2. The number of aliphatic hydroxyl groups excluding tert-OH is 2. The second kappa shape index (κ2) is 55.0. The molecule has 0 rings (SSSR count). The summed E-state index contributed by atoms with van der Waals surface area (Å²) in [5.41, 5.74) is 0. The molecule has 0 aliphatic rings. The van der Waals surface area contributed by atoms with Gasteiger partial charge in [-0.25, -0.2) is 4.57 Å². The fourth-order valence-corrected chi connectivity index (χ4v) is 10.5. The first-order valence-corrected chi connectivity index (χ1v) is 33.4. The molecule has 0 bridgehead atoms. The quantitative estimate of drug-likeness (QED) is 0.0207. The molecule has 0 saturated carbocycles. The molecule has 0 radical (unpaired) electrons.